The van der Waals surface area contributed by atoms with E-state index in [1.807, 2.05) is 120 Å². The van der Waals surface area contributed by atoms with Crippen molar-refractivity contribution in [3.8, 4) is 50.2 Å². The zero-order chi connectivity index (χ0) is 43.3. The van der Waals surface area contributed by atoms with Gasteiger partial charge in [0, 0.05) is 33.1 Å². The van der Waals surface area contributed by atoms with Crippen molar-refractivity contribution in [2.75, 3.05) is 4.90 Å². The van der Waals surface area contributed by atoms with Crippen LogP contribution >= 0.6 is 0 Å². The van der Waals surface area contributed by atoms with Gasteiger partial charge in [-0.25, -0.2) is 0 Å². The minimum atomic E-state index is -0.127. The maximum Gasteiger partial charge on any atom is 0.0645 e. The Bertz CT molecular complexity index is 3490. The van der Waals surface area contributed by atoms with Crippen molar-refractivity contribution in [2.45, 2.75) is 0 Å². The molecule has 0 spiro atoms. The molecule has 0 bridgehead atoms. The molecule has 0 N–H and O–H groups in total. The van der Waals surface area contributed by atoms with Crippen molar-refractivity contribution in [3.63, 3.8) is 0 Å². The summed E-state index contributed by atoms with van der Waals surface area (Å²) in [5, 5.41) is 4.29. The second kappa shape index (κ2) is 15.1. The van der Waals surface area contributed by atoms with E-state index in [0.717, 1.165) is 77.3 Å². The van der Waals surface area contributed by atoms with Crippen LogP contribution in [-0.4, -0.2) is 4.57 Å². The van der Waals surface area contributed by atoms with E-state index in [4.69, 9.17) is 0 Å². The number of anilines is 3. The van der Waals surface area contributed by atoms with Crippen molar-refractivity contribution in [3.05, 3.63) is 243 Å². The number of benzene rings is 10. The summed E-state index contributed by atoms with van der Waals surface area (Å²) < 4.78 is 41.1. The third-order valence-electron chi connectivity index (χ3n) is 11.5. The fourth-order valence-corrected chi connectivity index (χ4v) is 8.56. The smallest absolute Gasteiger partial charge is 0.0645 e. The van der Waals surface area contributed by atoms with Crippen LogP contribution in [0.25, 0.3) is 82.8 Å². The molecule has 1 heterocycles. The quantitative estimate of drug-likeness (QED) is 0.149. The Balaban J connectivity index is 1.06. The first kappa shape index (κ1) is 31.1. The summed E-state index contributed by atoms with van der Waals surface area (Å²) in [6, 6.07) is 73.5. The molecule has 1 aromatic heterocycles. The van der Waals surface area contributed by atoms with Gasteiger partial charge in [0.1, 0.15) is 0 Å². The minimum Gasteiger partial charge on any atom is -0.310 e. The molecule has 0 radical (unpaired) electrons. The molecule has 0 aliphatic heterocycles. The molecule has 0 saturated carbocycles. The molecule has 0 atom stereocenters. The fraction of sp³-hybridized carbons (Fsp3) is 0. The van der Waals surface area contributed by atoms with Crippen LogP contribution in [0.2, 0.25) is 0 Å². The summed E-state index contributed by atoms with van der Waals surface area (Å²) in [6.07, 6.45) is 0. The zero-order valence-corrected chi connectivity index (χ0v) is 32.7. The molecule has 10 aromatic carbocycles. The van der Waals surface area contributed by atoms with Gasteiger partial charge < -0.3 is 9.47 Å². The average Bonchev–Trinajstić information content (AvgIpc) is 3.69. The van der Waals surface area contributed by atoms with Crippen molar-refractivity contribution in [2.24, 2.45) is 0 Å². The third-order valence-corrected chi connectivity index (χ3v) is 11.5. The Morgan fingerprint density at radius 1 is 0.333 bits per heavy atom. The van der Waals surface area contributed by atoms with E-state index in [-0.39, 0.29) is 35.4 Å². The fourth-order valence-electron chi connectivity index (χ4n) is 8.56. The molecule has 0 unspecified atom stereocenters. The Labute approximate surface area is 356 Å². The van der Waals surface area contributed by atoms with E-state index in [1.54, 1.807) is 0 Å². The molecule has 2 heteroatoms. The van der Waals surface area contributed by atoms with Crippen molar-refractivity contribution < 1.29 is 5.48 Å². The van der Waals surface area contributed by atoms with Crippen LogP contribution in [0.4, 0.5) is 17.1 Å². The van der Waals surface area contributed by atoms with E-state index in [2.05, 4.69) is 108 Å². The van der Waals surface area contributed by atoms with E-state index >= 15 is 0 Å². The van der Waals surface area contributed by atoms with Gasteiger partial charge in [0.15, 0.2) is 0 Å². The van der Waals surface area contributed by atoms with Crippen molar-refractivity contribution in [1.82, 2.24) is 4.57 Å². The van der Waals surface area contributed by atoms with Gasteiger partial charge in [0.25, 0.3) is 0 Å². The van der Waals surface area contributed by atoms with Crippen LogP contribution in [0.5, 0.6) is 0 Å². The van der Waals surface area contributed by atoms with Gasteiger partial charge in [0.05, 0.1) is 27.9 Å². The van der Waals surface area contributed by atoms with Gasteiger partial charge in [-0.1, -0.05) is 188 Å². The lowest BCUT2D eigenvalue weighted by Gasteiger charge is -2.28. The number of aromatic nitrogens is 1. The predicted molar refractivity (Wildman–Crippen MR) is 255 cm³/mol. The first-order valence-electron chi connectivity index (χ1n) is 22.3. The standard InChI is InChI=1S/C58H40N2/c1-3-14-41(15-4-1)42-26-28-43(29-27-42)44-30-35-49(36-31-44)59(55-23-11-9-21-51(55)46-16-5-2-6-17-46)50-37-32-45(33-38-50)48-34-39-58-54(40-48)53-22-10-12-24-57(53)60(58)56-25-13-19-47-18-7-8-20-52(47)56/h1-40H/i32D,33D,37D,38D. The lowest BCUT2D eigenvalue weighted by atomic mass is 9.99. The molecule has 2 nitrogen and oxygen atoms in total. The number of hydrogen-bond acceptors (Lipinski definition) is 1. The highest BCUT2D eigenvalue weighted by Gasteiger charge is 2.19. The Morgan fingerprint density at radius 3 is 1.60 bits per heavy atom. The monoisotopic (exact) mass is 768 g/mol. The zero-order valence-electron chi connectivity index (χ0n) is 36.7. The molecule has 0 amide bonds. The number of para-hydroxylation sites is 2. The van der Waals surface area contributed by atoms with Gasteiger partial charge >= 0.3 is 0 Å². The molecule has 60 heavy (non-hydrogen) atoms. The lowest BCUT2D eigenvalue weighted by Crippen LogP contribution is -2.11. The van der Waals surface area contributed by atoms with Crippen LogP contribution < -0.4 is 4.90 Å². The normalized spacial score (nSPS) is 12.3. The van der Waals surface area contributed by atoms with Gasteiger partial charge in [-0.3, -0.25) is 0 Å². The van der Waals surface area contributed by atoms with Gasteiger partial charge in [0.2, 0.25) is 0 Å². The number of fused-ring (bicyclic) bond motifs is 4. The highest BCUT2D eigenvalue weighted by atomic mass is 15.1. The topological polar surface area (TPSA) is 8.17 Å². The summed E-state index contributed by atoms with van der Waals surface area (Å²) in [6.45, 7) is 0. The number of hydrogen-bond donors (Lipinski definition) is 0. The second-order valence-corrected chi connectivity index (χ2v) is 15.0. The molecule has 0 fully saturated rings. The molecule has 0 aliphatic rings. The Kier molecular flexibility index (Phi) is 7.83. The second-order valence-electron chi connectivity index (χ2n) is 15.0. The summed E-state index contributed by atoms with van der Waals surface area (Å²) in [4.78, 5) is 1.89. The van der Waals surface area contributed by atoms with Crippen LogP contribution in [0, 0.1) is 0 Å². The Morgan fingerprint density at radius 2 is 0.867 bits per heavy atom. The van der Waals surface area contributed by atoms with Crippen LogP contribution in [0.3, 0.4) is 0 Å². The first-order valence-corrected chi connectivity index (χ1v) is 20.3. The SMILES string of the molecule is [2H]c1c([2H])c(N(c2ccc(-c3ccc(-c4ccccc4)cc3)cc2)c2ccccc2-c2ccccc2)c([2H])c([2H])c1-c1ccc2c(c1)c1ccccc1n2-c1cccc2ccccc12. The lowest BCUT2D eigenvalue weighted by molar-refractivity contribution is 1.20. The van der Waals surface area contributed by atoms with E-state index < -0.39 is 0 Å². The minimum absolute atomic E-state index is 0.106. The van der Waals surface area contributed by atoms with Crippen LogP contribution in [0.1, 0.15) is 5.48 Å². The molecular weight excluding hydrogens is 725 g/mol. The van der Waals surface area contributed by atoms with E-state index in [0.29, 0.717) is 11.3 Å². The summed E-state index contributed by atoms with van der Waals surface area (Å²) >= 11 is 0. The summed E-state index contributed by atoms with van der Waals surface area (Å²) in [7, 11) is 0. The van der Waals surface area contributed by atoms with Crippen molar-refractivity contribution >= 4 is 49.6 Å². The summed E-state index contributed by atoms with van der Waals surface area (Å²) in [5.74, 6) is 0. The summed E-state index contributed by atoms with van der Waals surface area (Å²) in [5.41, 5.74) is 11.9. The van der Waals surface area contributed by atoms with E-state index in [9.17, 15) is 5.48 Å². The average molecular weight is 769 g/mol. The highest BCUT2D eigenvalue weighted by Crippen LogP contribution is 2.43. The molecule has 282 valence electrons. The molecule has 0 saturated heterocycles. The molecule has 0 aliphatic carbocycles. The van der Waals surface area contributed by atoms with Crippen LogP contribution in [0.15, 0.2) is 243 Å². The largest absolute Gasteiger partial charge is 0.310 e. The molecule has 11 rings (SSSR count). The van der Waals surface area contributed by atoms with Gasteiger partial charge in [-0.05, 0) is 98.9 Å². The number of rotatable bonds is 8. The van der Waals surface area contributed by atoms with Crippen molar-refractivity contribution in [1.29, 1.82) is 0 Å². The van der Waals surface area contributed by atoms with Gasteiger partial charge in [-0.15, -0.1) is 0 Å². The van der Waals surface area contributed by atoms with Crippen LogP contribution in [-0.2, 0) is 0 Å². The molecule has 11 aromatic rings. The van der Waals surface area contributed by atoms with E-state index in [1.165, 1.54) is 0 Å². The highest BCUT2D eigenvalue weighted by molar-refractivity contribution is 6.11. The maximum absolute atomic E-state index is 9.75. The maximum atomic E-state index is 9.75. The molecular formula is C58H40N2. The Hall–Kier alpha value is -7.94. The number of nitrogens with zero attached hydrogens (tertiary/aromatic N) is 2. The van der Waals surface area contributed by atoms with Gasteiger partial charge in [-0.2, -0.15) is 0 Å². The third kappa shape index (κ3) is 6.32. The predicted octanol–water partition coefficient (Wildman–Crippen LogP) is 16.1. The first-order chi connectivity index (χ1) is 31.4.